The zero-order chi connectivity index (χ0) is 9.19. The van der Waals surface area contributed by atoms with E-state index in [0.29, 0.717) is 6.10 Å². The van der Waals surface area contributed by atoms with Gasteiger partial charge in [-0.2, -0.15) is 0 Å². The minimum absolute atomic E-state index is 0.127. The maximum atomic E-state index is 6.06. The van der Waals surface area contributed by atoms with Gasteiger partial charge in [-0.25, -0.2) is 0 Å². The van der Waals surface area contributed by atoms with Crippen molar-refractivity contribution in [3.05, 3.63) is 0 Å². The Balaban J connectivity index is 2.34. The first-order valence-corrected chi connectivity index (χ1v) is 5.29. The fraction of sp³-hybridized carbons (Fsp3) is 1.00. The van der Waals surface area contributed by atoms with Gasteiger partial charge in [0.1, 0.15) is 0 Å². The summed E-state index contributed by atoms with van der Waals surface area (Å²) in [4.78, 5) is 0. The average molecular weight is 170 g/mol. The Hall–Kier alpha value is -0.0400. The second-order valence-corrected chi connectivity index (χ2v) is 4.32. The van der Waals surface area contributed by atoms with Crippen LogP contribution in [0.1, 0.15) is 53.4 Å². The molecule has 0 amide bonds. The largest absolute Gasteiger partial charge is 0.372 e. The van der Waals surface area contributed by atoms with Crippen LogP contribution >= 0.6 is 0 Å². The highest BCUT2D eigenvalue weighted by molar-refractivity contribution is 4.82. The third kappa shape index (κ3) is 2.48. The van der Waals surface area contributed by atoms with Crippen molar-refractivity contribution < 1.29 is 4.74 Å². The summed E-state index contributed by atoms with van der Waals surface area (Å²) >= 11 is 0. The van der Waals surface area contributed by atoms with E-state index in [-0.39, 0.29) is 5.60 Å². The monoisotopic (exact) mass is 170 g/mol. The van der Waals surface area contributed by atoms with Crippen LogP contribution in [0.3, 0.4) is 0 Å². The van der Waals surface area contributed by atoms with Crippen molar-refractivity contribution in [2.24, 2.45) is 5.92 Å². The van der Waals surface area contributed by atoms with Gasteiger partial charge >= 0.3 is 0 Å². The van der Waals surface area contributed by atoms with Crippen LogP contribution in [0.5, 0.6) is 0 Å². The molecule has 1 aliphatic rings. The van der Waals surface area contributed by atoms with E-state index in [9.17, 15) is 0 Å². The molecule has 0 aromatic rings. The predicted molar refractivity (Wildman–Crippen MR) is 52.3 cm³/mol. The Morgan fingerprint density at radius 2 is 1.83 bits per heavy atom. The molecule has 0 aliphatic heterocycles. The number of ether oxygens (including phenoxy) is 1. The lowest BCUT2D eigenvalue weighted by Gasteiger charge is -2.31. The lowest BCUT2D eigenvalue weighted by Crippen LogP contribution is -2.32. The van der Waals surface area contributed by atoms with Crippen molar-refractivity contribution in [1.29, 1.82) is 0 Å². The normalized spacial score (nSPS) is 21.0. The molecular weight excluding hydrogens is 148 g/mol. The fourth-order valence-corrected chi connectivity index (χ4v) is 1.53. The minimum atomic E-state index is 0.127. The van der Waals surface area contributed by atoms with Gasteiger partial charge in [0.25, 0.3) is 0 Å². The van der Waals surface area contributed by atoms with E-state index in [1.54, 1.807) is 0 Å². The Morgan fingerprint density at radius 1 is 1.33 bits per heavy atom. The SMILES string of the molecule is CCC(C)(CC)OC(C)C1CC1. The van der Waals surface area contributed by atoms with Crippen LogP contribution in [0.25, 0.3) is 0 Å². The maximum absolute atomic E-state index is 6.06. The number of hydrogen-bond acceptors (Lipinski definition) is 1. The minimum Gasteiger partial charge on any atom is -0.372 e. The van der Waals surface area contributed by atoms with Crippen LogP contribution in [0, 0.1) is 5.92 Å². The molecule has 12 heavy (non-hydrogen) atoms. The first-order valence-electron chi connectivity index (χ1n) is 5.29. The molecule has 1 fully saturated rings. The van der Waals surface area contributed by atoms with Crippen LogP contribution < -0.4 is 0 Å². The average Bonchev–Trinajstić information content (AvgIpc) is 2.86. The summed E-state index contributed by atoms with van der Waals surface area (Å²) in [7, 11) is 0. The highest BCUT2D eigenvalue weighted by Gasteiger charge is 2.33. The molecule has 1 heteroatoms. The summed E-state index contributed by atoms with van der Waals surface area (Å²) in [6, 6.07) is 0. The molecule has 1 saturated carbocycles. The molecule has 1 atom stereocenters. The summed E-state index contributed by atoms with van der Waals surface area (Å²) in [6.45, 7) is 8.87. The van der Waals surface area contributed by atoms with Gasteiger partial charge in [-0.1, -0.05) is 13.8 Å². The van der Waals surface area contributed by atoms with Gasteiger partial charge in [-0.3, -0.25) is 0 Å². The molecule has 72 valence electrons. The summed E-state index contributed by atoms with van der Waals surface area (Å²) < 4.78 is 6.06. The van der Waals surface area contributed by atoms with Gasteiger partial charge in [-0.05, 0) is 45.4 Å². The summed E-state index contributed by atoms with van der Waals surface area (Å²) in [5.74, 6) is 0.863. The molecule has 0 saturated heterocycles. The highest BCUT2D eigenvalue weighted by atomic mass is 16.5. The Morgan fingerprint density at radius 3 is 2.17 bits per heavy atom. The topological polar surface area (TPSA) is 9.23 Å². The van der Waals surface area contributed by atoms with Gasteiger partial charge in [0.15, 0.2) is 0 Å². The van der Waals surface area contributed by atoms with Gasteiger partial charge in [0.05, 0.1) is 11.7 Å². The van der Waals surface area contributed by atoms with Crippen LogP contribution in [-0.4, -0.2) is 11.7 Å². The molecule has 0 aromatic heterocycles. The van der Waals surface area contributed by atoms with Crippen molar-refractivity contribution in [2.45, 2.75) is 65.1 Å². The molecule has 0 bridgehead atoms. The van der Waals surface area contributed by atoms with E-state index >= 15 is 0 Å². The van der Waals surface area contributed by atoms with Crippen LogP contribution in [0.4, 0.5) is 0 Å². The lowest BCUT2D eigenvalue weighted by atomic mass is 9.99. The van der Waals surface area contributed by atoms with E-state index in [2.05, 4.69) is 27.7 Å². The molecule has 0 spiro atoms. The second kappa shape index (κ2) is 3.78. The molecule has 0 N–H and O–H groups in total. The predicted octanol–water partition coefficient (Wildman–Crippen LogP) is 3.38. The number of hydrogen-bond donors (Lipinski definition) is 0. The zero-order valence-corrected chi connectivity index (χ0v) is 8.89. The summed E-state index contributed by atoms with van der Waals surface area (Å²) in [5, 5.41) is 0. The molecule has 1 unspecified atom stereocenters. The Labute approximate surface area is 76.5 Å². The number of rotatable bonds is 5. The van der Waals surface area contributed by atoms with Crippen molar-refractivity contribution in [3.63, 3.8) is 0 Å². The molecule has 1 aliphatic carbocycles. The smallest absolute Gasteiger partial charge is 0.0653 e. The molecule has 0 radical (unpaired) electrons. The molecule has 0 heterocycles. The van der Waals surface area contributed by atoms with Gasteiger partial charge < -0.3 is 4.74 Å². The van der Waals surface area contributed by atoms with E-state index in [0.717, 1.165) is 18.8 Å². The van der Waals surface area contributed by atoms with E-state index in [4.69, 9.17) is 4.74 Å². The van der Waals surface area contributed by atoms with Gasteiger partial charge in [0.2, 0.25) is 0 Å². The Kier molecular flexibility index (Phi) is 3.16. The van der Waals surface area contributed by atoms with Crippen LogP contribution in [0.2, 0.25) is 0 Å². The molecular formula is C11H22O. The van der Waals surface area contributed by atoms with Gasteiger partial charge in [-0.15, -0.1) is 0 Å². The van der Waals surface area contributed by atoms with Crippen molar-refractivity contribution in [3.8, 4) is 0 Å². The van der Waals surface area contributed by atoms with Gasteiger partial charge in [0, 0.05) is 0 Å². The van der Waals surface area contributed by atoms with Crippen molar-refractivity contribution in [1.82, 2.24) is 0 Å². The standard InChI is InChI=1S/C11H22O/c1-5-11(4,6-2)12-9(3)10-7-8-10/h9-10H,5-8H2,1-4H3. The molecule has 1 rings (SSSR count). The summed E-state index contributed by atoms with van der Waals surface area (Å²) in [5.41, 5.74) is 0.127. The van der Waals surface area contributed by atoms with E-state index in [1.165, 1.54) is 12.8 Å². The quantitative estimate of drug-likeness (QED) is 0.614. The first kappa shape index (κ1) is 10.0. The van der Waals surface area contributed by atoms with Crippen LogP contribution in [-0.2, 0) is 4.74 Å². The molecule has 0 aromatic carbocycles. The molecule has 1 nitrogen and oxygen atoms in total. The third-order valence-electron chi connectivity index (χ3n) is 3.25. The Bertz CT molecular complexity index is 134. The first-order chi connectivity index (χ1) is 5.61. The zero-order valence-electron chi connectivity index (χ0n) is 8.89. The lowest BCUT2D eigenvalue weighted by molar-refractivity contribution is -0.0877. The third-order valence-corrected chi connectivity index (χ3v) is 3.25. The van der Waals surface area contributed by atoms with E-state index in [1.807, 2.05) is 0 Å². The van der Waals surface area contributed by atoms with Crippen LogP contribution in [0.15, 0.2) is 0 Å². The van der Waals surface area contributed by atoms with E-state index < -0.39 is 0 Å². The highest BCUT2D eigenvalue weighted by Crippen LogP contribution is 2.36. The summed E-state index contributed by atoms with van der Waals surface area (Å²) in [6.07, 6.45) is 5.49. The van der Waals surface area contributed by atoms with Crippen molar-refractivity contribution >= 4 is 0 Å². The van der Waals surface area contributed by atoms with Crippen molar-refractivity contribution in [2.75, 3.05) is 0 Å². The fourth-order valence-electron chi connectivity index (χ4n) is 1.53. The maximum Gasteiger partial charge on any atom is 0.0653 e. The second-order valence-electron chi connectivity index (χ2n) is 4.32.